The Hall–Kier alpha value is -0.860. The molecule has 0 aliphatic carbocycles. The summed E-state index contributed by atoms with van der Waals surface area (Å²) < 4.78 is 0. The summed E-state index contributed by atoms with van der Waals surface area (Å²) in [7, 11) is 0. The van der Waals surface area contributed by atoms with E-state index >= 15 is 0 Å². The lowest BCUT2D eigenvalue weighted by atomic mass is 9.98. The Morgan fingerprint density at radius 2 is 1.85 bits per heavy atom. The van der Waals surface area contributed by atoms with Crippen molar-refractivity contribution in [2.45, 2.75) is 60.0 Å². The Balaban J connectivity index is 2.95. The zero-order valence-electron chi connectivity index (χ0n) is 14.2. The predicted molar refractivity (Wildman–Crippen MR) is 89.3 cm³/mol. The topological polar surface area (TPSA) is 15.3 Å². The van der Waals surface area contributed by atoms with E-state index in [1.165, 1.54) is 23.1 Å². The summed E-state index contributed by atoms with van der Waals surface area (Å²) in [4.78, 5) is 2.54. The van der Waals surface area contributed by atoms with Crippen molar-refractivity contribution in [3.05, 3.63) is 34.9 Å². The van der Waals surface area contributed by atoms with Gasteiger partial charge in [0, 0.05) is 18.6 Å². The number of hydrogen-bond donors (Lipinski definition) is 1. The van der Waals surface area contributed by atoms with E-state index in [1.54, 1.807) is 0 Å². The normalized spacial score (nSPS) is 13.2. The Kier molecular flexibility index (Phi) is 7.25. The van der Waals surface area contributed by atoms with Gasteiger partial charge in [-0.1, -0.05) is 37.6 Å². The fourth-order valence-corrected chi connectivity index (χ4v) is 2.67. The van der Waals surface area contributed by atoms with Gasteiger partial charge in [0.2, 0.25) is 0 Å². The van der Waals surface area contributed by atoms with E-state index in [-0.39, 0.29) is 0 Å². The highest BCUT2D eigenvalue weighted by molar-refractivity contribution is 5.33. The molecular formula is C18H32N2. The fourth-order valence-electron chi connectivity index (χ4n) is 2.67. The monoisotopic (exact) mass is 276 g/mol. The fraction of sp³-hybridized carbons (Fsp3) is 0.667. The predicted octanol–water partition coefficient (Wildman–Crippen LogP) is 4.07. The Morgan fingerprint density at radius 3 is 2.40 bits per heavy atom. The maximum atomic E-state index is 3.73. The maximum absolute atomic E-state index is 3.73. The summed E-state index contributed by atoms with van der Waals surface area (Å²) >= 11 is 0. The first-order chi connectivity index (χ1) is 9.49. The van der Waals surface area contributed by atoms with Gasteiger partial charge < -0.3 is 5.32 Å². The third-order valence-electron chi connectivity index (χ3n) is 4.00. The van der Waals surface area contributed by atoms with E-state index in [2.05, 4.69) is 70.0 Å². The molecule has 0 aliphatic rings. The second-order valence-corrected chi connectivity index (χ2v) is 6.05. The van der Waals surface area contributed by atoms with Gasteiger partial charge in [0.25, 0.3) is 0 Å². The van der Waals surface area contributed by atoms with E-state index in [9.17, 15) is 0 Å². The first-order valence-electron chi connectivity index (χ1n) is 8.04. The number of hydrogen-bond acceptors (Lipinski definition) is 2. The van der Waals surface area contributed by atoms with Gasteiger partial charge in [0.05, 0.1) is 0 Å². The van der Waals surface area contributed by atoms with E-state index in [0.717, 1.165) is 19.6 Å². The summed E-state index contributed by atoms with van der Waals surface area (Å²) in [5, 5.41) is 3.73. The number of rotatable bonds is 8. The lowest BCUT2D eigenvalue weighted by Gasteiger charge is -2.31. The summed E-state index contributed by atoms with van der Waals surface area (Å²) in [6.07, 6.45) is 1.18. The average molecular weight is 276 g/mol. The first-order valence-corrected chi connectivity index (χ1v) is 8.04. The summed E-state index contributed by atoms with van der Waals surface area (Å²) in [5.74, 6) is 0. The van der Waals surface area contributed by atoms with Crippen molar-refractivity contribution in [2.24, 2.45) is 0 Å². The molecule has 1 atom stereocenters. The van der Waals surface area contributed by atoms with Crippen molar-refractivity contribution in [1.29, 1.82) is 0 Å². The molecule has 0 radical (unpaired) electrons. The molecule has 0 fully saturated rings. The van der Waals surface area contributed by atoms with Gasteiger partial charge in [-0.05, 0) is 58.3 Å². The number of likely N-dealkylation sites (N-methyl/N-ethyl adjacent to an activating group) is 1. The van der Waals surface area contributed by atoms with Crippen molar-refractivity contribution < 1.29 is 0 Å². The van der Waals surface area contributed by atoms with Crippen LogP contribution in [0.1, 0.15) is 56.8 Å². The average Bonchev–Trinajstić information content (AvgIpc) is 2.42. The molecule has 1 rings (SSSR count). The third kappa shape index (κ3) is 4.92. The van der Waals surface area contributed by atoms with Gasteiger partial charge >= 0.3 is 0 Å². The zero-order valence-corrected chi connectivity index (χ0v) is 14.2. The molecule has 0 aliphatic heterocycles. The molecule has 0 heterocycles. The van der Waals surface area contributed by atoms with Crippen molar-refractivity contribution in [1.82, 2.24) is 10.2 Å². The van der Waals surface area contributed by atoms with Crippen LogP contribution in [0.3, 0.4) is 0 Å². The largest absolute Gasteiger partial charge is 0.309 e. The number of nitrogens with one attached hydrogen (secondary N) is 1. The molecule has 0 bridgehead atoms. The minimum Gasteiger partial charge on any atom is -0.309 e. The molecule has 20 heavy (non-hydrogen) atoms. The smallest absolute Gasteiger partial charge is 0.0452 e. The summed E-state index contributed by atoms with van der Waals surface area (Å²) in [6.45, 7) is 16.7. The molecule has 0 spiro atoms. The lowest BCUT2D eigenvalue weighted by Crippen LogP contribution is -2.39. The summed E-state index contributed by atoms with van der Waals surface area (Å²) in [5.41, 5.74) is 4.20. The minimum atomic E-state index is 0.428. The number of aryl methyl sites for hydroxylation is 2. The highest BCUT2D eigenvalue weighted by atomic mass is 15.2. The Bertz CT molecular complexity index is 398. The van der Waals surface area contributed by atoms with Gasteiger partial charge in [-0.2, -0.15) is 0 Å². The minimum absolute atomic E-state index is 0.428. The van der Waals surface area contributed by atoms with Crippen molar-refractivity contribution >= 4 is 0 Å². The molecule has 2 heteroatoms. The molecule has 1 N–H and O–H groups in total. The van der Waals surface area contributed by atoms with Crippen molar-refractivity contribution in [2.75, 3.05) is 19.6 Å². The number of nitrogens with zero attached hydrogens (tertiary/aromatic N) is 1. The molecular weight excluding hydrogens is 244 g/mol. The van der Waals surface area contributed by atoms with Gasteiger partial charge in [-0.25, -0.2) is 0 Å². The number of benzene rings is 1. The van der Waals surface area contributed by atoms with Gasteiger partial charge in [0.15, 0.2) is 0 Å². The van der Waals surface area contributed by atoms with E-state index in [4.69, 9.17) is 0 Å². The summed E-state index contributed by atoms with van der Waals surface area (Å²) in [6, 6.07) is 7.82. The van der Waals surface area contributed by atoms with Gasteiger partial charge in [0.1, 0.15) is 0 Å². The lowest BCUT2D eigenvalue weighted by molar-refractivity contribution is 0.207. The Morgan fingerprint density at radius 1 is 1.15 bits per heavy atom. The van der Waals surface area contributed by atoms with Crippen molar-refractivity contribution in [3.63, 3.8) is 0 Å². The molecule has 0 saturated heterocycles. The van der Waals surface area contributed by atoms with Crippen LogP contribution < -0.4 is 5.32 Å². The molecule has 1 aromatic carbocycles. The van der Waals surface area contributed by atoms with Crippen LogP contribution in [0.15, 0.2) is 18.2 Å². The molecule has 0 amide bonds. The van der Waals surface area contributed by atoms with Crippen LogP contribution in [0.25, 0.3) is 0 Å². The molecule has 0 saturated carbocycles. The molecule has 114 valence electrons. The van der Waals surface area contributed by atoms with E-state index in [0.29, 0.717) is 12.1 Å². The Labute approximate surface area is 125 Å². The van der Waals surface area contributed by atoms with E-state index < -0.39 is 0 Å². The molecule has 0 aromatic heterocycles. The van der Waals surface area contributed by atoms with Gasteiger partial charge in [-0.15, -0.1) is 0 Å². The molecule has 1 aromatic rings. The second kappa shape index (κ2) is 8.43. The van der Waals surface area contributed by atoms with Gasteiger partial charge in [-0.3, -0.25) is 4.90 Å². The highest BCUT2D eigenvalue weighted by Gasteiger charge is 2.18. The third-order valence-corrected chi connectivity index (χ3v) is 4.00. The maximum Gasteiger partial charge on any atom is 0.0452 e. The van der Waals surface area contributed by atoms with Crippen LogP contribution in [-0.4, -0.2) is 30.6 Å². The highest BCUT2D eigenvalue weighted by Crippen LogP contribution is 2.21. The van der Waals surface area contributed by atoms with Crippen LogP contribution in [0.4, 0.5) is 0 Å². The standard InChI is InChI=1S/C18H32N2/c1-7-11-19-18(13-20(8-2)14(3)4)17-12-15(5)9-10-16(17)6/h9-10,12,14,18-19H,7-8,11,13H2,1-6H3. The molecule has 2 nitrogen and oxygen atoms in total. The SMILES string of the molecule is CCCNC(CN(CC)C(C)C)c1cc(C)ccc1C. The zero-order chi connectivity index (χ0) is 15.1. The quantitative estimate of drug-likeness (QED) is 0.770. The van der Waals surface area contributed by atoms with Crippen LogP contribution in [0, 0.1) is 13.8 Å². The van der Waals surface area contributed by atoms with Crippen molar-refractivity contribution in [3.8, 4) is 0 Å². The van der Waals surface area contributed by atoms with Crippen LogP contribution in [0.5, 0.6) is 0 Å². The molecule has 1 unspecified atom stereocenters. The van der Waals surface area contributed by atoms with E-state index in [1.807, 2.05) is 0 Å². The van der Waals surface area contributed by atoms with Crippen LogP contribution in [0.2, 0.25) is 0 Å². The van der Waals surface area contributed by atoms with Crippen LogP contribution >= 0.6 is 0 Å². The van der Waals surface area contributed by atoms with Crippen LogP contribution in [-0.2, 0) is 0 Å². The first kappa shape index (κ1) is 17.2. The second-order valence-electron chi connectivity index (χ2n) is 6.05.